The Balaban J connectivity index is 2.67. The molecule has 3 nitrogen and oxygen atoms in total. The third kappa shape index (κ3) is 3.34. The molecule has 2 N–H and O–H groups in total. The highest BCUT2D eigenvalue weighted by atomic mass is 15.0. The molecule has 0 amide bonds. The molecule has 0 saturated heterocycles. The summed E-state index contributed by atoms with van der Waals surface area (Å²) < 4.78 is 0. The van der Waals surface area contributed by atoms with Gasteiger partial charge in [-0.1, -0.05) is 6.07 Å². The molecule has 0 aliphatic carbocycles. The Labute approximate surface area is 85.9 Å². The molecule has 1 aromatic rings. The molecule has 1 heterocycles. The van der Waals surface area contributed by atoms with E-state index in [-0.39, 0.29) is 5.54 Å². The molecule has 0 aliphatic rings. The highest BCUT2D eigenvalue weighted by molar-refractivity contribution is 5.42. The topological polar surface area (TPSA) is 37.0 Å². The van der Waals surface area contributed by atoms with E-state index in [9.17, 15) is 0 Å². The maximum Gasteiger partial charge on any atom is 0.130 e. The van der Waals surface area contributed by atoms with Gasteiger partial charge in [-0.15, -0.1) is 0 Å². The van der Waals surface area contributed by atoms with Crippen LogP contribution in [0.25, 0.3) is 0 Å². The van der Waals surface area contributed by atoms with Crippen molar-refractivity contribution in [1.82, 2.24) is 10.3 Å². The van der Waals surface area contributed by atoms with E-state index >= 15 is 0 Å². The van der Waals surface area contributed by atoms with E-state index in [1.54, 1.807) is 6.20 Å². The summed E-state index contributed by atoms with van der Waals surface area (Å²) >= 11 is 0. The first-order valence-corrected chi connectivity index (χ1v) is 4.89. The molecule has 1 aromatic heterocycles. The number of pyridine rings is 1. The van der Waals surface area contributed by atoms with Gasteiger partial charge in [-0.2, -0.15) is 0 Å². The van der Waals surface area contributed by atoms with Crippen LogP contribution in [-0.4, -0.2) is 17.6 Å². The van der Waals surface area contributed by atoms with Crippen LogP contribution < -0.4 is 10.6 Å². The number of aromatic nitrogens is 1. The number of anilines is 1. The summed E-state index contributed by atoms with van der Waals surface area (Å²) in [5.74, 6) is 0.948. The van der Waals surface area contributed by atoms with E-state index in [1.807, 2.05) is 13.1 Å². The van der Waals surface area contributed by atoms with Gasteiger partial charge in [0.1, 0.15) is 5.82 Å². The Morgan fingerprint density at radius 1 is 1.36 bits per heavy atom. The van der Waals surface area contributed by atoms with Crippen molar-refractivity contribution >= 4 is 5.82 Å². The van der Waals surface area contributed by atoms with Crippen molar-refractivity contribution in [2.45, 2.75) is 32.9 Å². The first-order chi connectivity index (χ1) is 6.53. The Morgan fingerprint density at radius 2 is 2.07 bits per heavy atom. The van der Waals surface area contributed by atoms with Crippen LogP contribution in [0.2, 0.25) is 0 Å². The van der Waals surface area contributed by atoms with E-state index in [4.69, 9.17) is 0 Å². The smallest absolute Gasteiger partial charge is 0.130 e. The Hall–Kier alpha value is -1.09. The molecule has 0 spiro atoms. The standard InChI is InChI=1S/C11H19N3/c1-11(2,3)14-8-9-6-5-7-13-10(9)12-4/h5-7,14H,8H2,1-4H3,(H,12,13). The molecule has 78 valence electrons. The minimum absolute atomic E-state index is 0.140. The SMILES string of the molecule is CNc1ncccc1CNC(C)(C)C. The molecular formula is C11H19N3. The zero-order valence-corrected chi connectivity index (χ0v) is 9.39. The predicted octanol–water partition coefficient (Wildman–Crippen LogP) is 2.01. The minimum atomic E-state index is 0.140. The molecule has 0 saturated carbocycles. The van der Waals surface area contributed by atoms with Crippen molar-refractivity contribution in [2.24, 2.45) is 0 Å². The second-order valence-corrected chi connectivity index (χ2v) is 4.36. The van der Waals surface area contributed by atoms with E-state index < -0.39 is 0 Å². The van der Waals surface area contributed by atoms with Crippen molar-refractivity contribution in [3.05, 3.63) is 23.9 Å². The summed E-state index contributed by atoms with van der Waals surface area (Å²) in [5, 5.41) is 6.51. The fraction of sp³-hybridized carbons (Fsp3) is 0.545. The molecule has 0 bridgehead atoms. The number of hydrogen-bond acceptors (Lipinski definition) is 3. The third-order valence-electron chi connectivity index (χ3n) is 1.94. The molecule has 3 heteroatoms. The highest BCUT2D eigenvalue weighted by Gasteiger charge is 2.09. The average Bonchev–Trinajstić information content (AvgIpc) is 2.14. The highest BCUT2D eigenvalue weighted by Crippen LogP contribution is 2.11. The largest absolute Gasteiger partial charge is 0.373 e. The normalized spacial score (nSPS) is 11.4. The lowest BCUT2D eigenvalue weighted by Crippen LogP contribution is -2.35. The lowest BCUT2D eigenvalue weighted by molar-refractivity contribution is 0.424. The van der Waals surface area contributed by atoms with E-state index in [0.717, 1.165) is 12.4 Å². The number of hydrogen-bond donors (Lipinski definition) is 2. The Kier molecular flexibility index (Phi) is 3.47. The van der Waals surface area contributed by atoms with Gasteiger partial charge in [0, 0.05) is 30.9 Å². The summed E-state index contributed by atoms with van der Waals surface area (Å²) in [7, 11) is 1.89. The van der Waals surface area contributed by atoms with Crippen LogP contribution in [0.5, 0.6) is 0 Å². The summed E-state index contributed by atoms with van der Waals surface area (Å²) in [6, 6.07) is 4.04. The van der Waals surface area contributed by atoms with Crippen LogP contribution in [0.15, 0.2) is 18.3 Å². The predicted molar refractivity (Wildman–Crippen MR) is 60.4 cm³/mol. The Bertz CT molecular complexity index is 289. The van der Waals surface area contributed by atoms with Crippen molar-refractivity contribution in [3.63, 3.8) is 0 Å². The van der Waals surface area contributed by atoms with Crippen molar-refractivity contribution in [3.8, 4) is 0 Å². The molecule has 14 heavy (non-hydrogen) atoms. The number of rotatable bonds is 3. The van der Waals surface area contributed by atoms with Gasteiger partial charge in [0.15, 0.2) is 0 Å². The van der Waals surface area contributed by atoms with E-state index in [1.165, 1.54) is 5.56 Å². The van der Waals surface area contributed by atoms with Crippen molar-refractivity contribution < 1.29 is 0 Å². The average molecular weight is 193 g/mol. The second kappa shape index (κ2) is 4.42. The van der Waals surface area contributed by atoms with Crippen LogP contribution in [0.4, 0.5) is 5.82 Å². The summed E-state index contributed by atoms with van der Waals surface area (Å²) in [6.07, 6.45) is 1.80. The maximum absolute atomic E-state index is 4.25. The molecular weight excluding hydrogens is 174 g/mol. The van der Waals surface area contributed by atoms with Crippen molar-refractivity contribution in [1.29, 1.82) is 0 Å². The molecule has 0 aliphatic heterocycles. The van der Waals surface area contributed by atoms with Gasteiger partial charge < -0.3 is 10.6 Å². The zero-order valence-electron chi connectivity index (χ0n) is 9.39. The van der Waals surface area contributed by atoms with Crippen LogP contribution in [0.1, 0.15) is 26.3 Å². The maximum atomic E-state index is 4.25. The minimum Gasteiger partial charge on any atom is -0.373 e. The molecule has 0 radical (unpaired) electrons. The lowest BCUT2D eigenvalue weighted by atomic mass is 10.1. The summed E-state index contributed by atoms with van der Waals surface area (Å²) in [5.41, 5.74) is 1.34. The fourth-order valence-corrected chi connectivity index (χ4v) is 1.17. The molecule has 0 aromatic carbocycles. The fourth-order valence-electron chi connectivity index (χ4n) is 1.17. The number of nitrogens with one attached hydrogen (secondary N) is 2. The molecule has 0 fully saturated rings. The van der Waals surface area contributed by atoms with Crippen LogP contribution in [0, 0.1) is 0 Å². The third-order valence-corrected chi connectivity index (χ3v) is 1.94. The van der Waals surface area contributed by atoms with Gasteiger partial charge in [-0.25, -0.2) is 4.98 Å². The second-order valence-electron chi connectivity index (χ2n) is 4.36. The van der Waals surface area contributed by atoms with Gasteiger partial charge in [0.25, 0.3) is 0 Å². The van der Waals surface area contributed by atoms with Gasteiger partial charge in [0.2, 0.25) is 0 Å². The van der Waals surface area contributed by atoms with E-state index in [0.29, 0.717) is 0 Å². The van der Waals surface area contributed by atoms with Crippen LogP contribution >= 0.6 is 0 Å². The summed E-state index contributed by atoms with van der Waals surface area (Å²) in [4.78, 5) is 4.25. The van der Waals surface area contributed by atoms with E-state index in [2.05, 4.69) is 42.5 Å². The molecule has 1 rings (SSSR count). The lowest BCUT2D eigenvalue weighted by Gasteiger charge is -2.21. The monoisotopic (exact) mass is 193 g/mol. The van der Waals surface area contributed by atoms with Gasteiger partial charge in [-0.05, 0) is 26.8 Å². The van der Waals surface area contributed by atoms with Crippen molar-refractivity contribution in [2.75, 3.05) is 12.4 Å². The van der Waals surface area contributed by atoms with Crippen LogP contribution in [-0.2, 0) is 6.54 Å². The Morgan fingerprint density at radius 3 is 2.64 bits per heavy atom. The first-order valence-electron chi connectivity index (χ1n) is 4.89. The summed E-state index contributed by atoms with van der Waals surface area (Å²) in [6.45, 7) is 7.31. The van der Waals surface area contributed by atoms with Gasteiger partial charge in [0.05, 0.1) is 0 Å². The first kappa shape index (κ1) is 11.0. The van der Waals surface area contributed by atoms with Gasteiger partial charge >= 0.3 is 0 Å². The molecule has 0 unspecified atom stereocenters. The molecule has 0 atom stereocenters. The van der Waals surface area contributed by atoms with Crippen LogP contribution in [0.3, 0.4) is 0 Å². The quantitative estimate of drug-likeness (QED) is 0.771. The van der Waals surface area contributed by atoms with Gasteiger partial charge in [-0.3, -0.25) is 0 Å². The number of nitrogens with zero attached hydrogens (tertiary/aromatic N) is 1. The zero-order chi connectivity index (χ0) is 10.6.